The number of methoxy groups -OCH3 is 2. The molecule has 3 aliphatic rings. The molecule has 3 aliphatic heterocycles. The number of anilines is 1. The fraction of sp³-hybridized carbons (Fsp3) is 0.167. The van der Waals surface area contributed by atoms with Crippen molar-refractivity contribution >= 4 is 96.9 Å². The topological polar surface area (TPSA) is 107 Å². The normalized spacial score (nSPS) is 17.0. The molecule has 44 heavy (non-hydrogen) atoms. The molecule has 0 unspecified atom stereocenters. The molecule has 4 heterocycles. The van der Waals surface area contributed by atoms with Gasteiger partial charge >= 0.3 is 11.9 Å². The Labute approximate surface area is 276 Å². The van der Waals surface area contributed by atoms with Gasteiger partial charge in [-0.1, -0.05) is 118 Å². The number of thioether (sulfide) groups is 4. The largest absolute Gasteiger partial charge is 0.466 e. The average Bonchev–Trinajstić information content (AvgIpc) is 3.64. The Morgan fingerprint density at radius 2 is 1.30 bits per heavy atom. The first-order valence-corrected chi connectivity index (χ1v) is 18.4. The Morgan fingerprint density at radius 1 is 0.750 bits per heavy atom. The van der Waals surface area contributed by atoms with Gasteiger partial charge in [-0.3, -0.25) is 14.4 Å². The van der Waals surface area contributed by atoms with Crippen molar-refractivity contribution in [2.24, 2.45) is 0 Å². The third-order valence-electron chi connectivity index (χ3n) is 6.82. The molecule has 1 spiro atoms. The second-order valence-electron chi connectivity index (χ2n) is 9.23. The van der Waals surface area contributed by atoms with Crippen LogP contribution in [0.5, 0.6) is 0 Å². The van der Waals surface area contributed by atoms with E-state index in [-0.39, 0.29) is 25.0 Å². The van der Waals surface area contributed by atoms with Gasteiger partial charge in [-0.15, -0.1) is 0 Å². The number of rotatable bonds is 7. The molecule has 0 aliphatic carbocycles. The molecule has 0 saturated carbocycles. The summed E-state index contributed by atoms with van der Waals surface area (Å²) in [5.74, 6) is -2.38. The summed E-state index contributed by atoms with van der Waals surface area (Å²) in [5, 5.41) is 0. The number of carbonyl (C=O) groups is 4. The highest BCUT2D eigenvalue weighted by Gasteiger charge is 2.60. The maximum absolute atomic E-state index is 14.2. The third kappa shape index (κ3) is 5.01. The van der Waals surface area contributed by atoms with Crippen molar-refractivity contribution in [3.8, 4) is 0 Å². The van der Waals surface area contributed by atoms with Gasteiger partial charge in [-0.05, 0) is 17.3 Å². The van der Waals surface area contributed by atoms with E-state index in [0.717, 1.165) is 49.8 Å². The molecule has 1 aromatic heterocycles. The number of fused-ring (bicyclic) bond motifs is 2. The number of ether oxygens (including phenoxy) is 2. The molecule has 224 valence electrons. The van der Waals surface area contributed by atoms with Gasteiger partial charge in [0.05, 0.1) is 39.5 Å². The summed E-state index contributed by atoms with van der Waals surface area (Å²) in [5.41, 5.74) is 1.65. The minimum atomic E-state index is -1.55. The summed E-state index contributed by atoms with van der Waals surface area (Å²) in [6, 6.07) is 17.1. The smallest absolute Gasteiger partial charge is 0.345 e. The maximum Gasteiger partial charge on any atom is 0.345 e. The number of nitrogens with zero attached hydrogens (tertiary/aromatic N) is 1. The fourth-order valence-electron chi connectivity index (χ4n) is 4.89. The highest BCUT2D eigenvalue weighted by Crippen LogP contribution is 2.70. The number of carbonyl (C=O) groups excluding carboxylic acids is 4. The lowest BCUT2D eigenvalue weighted by Crippen LogP contribution is -2.44. The van der Waals surface area contributed by atoms with E-state index in [1.165, 1.54) is 36.3 Å². The van der Waals surface area contributed by atoms with Crippen molar-refractivity contribution in [3.05, 3.63) is 112 Å². The molecule has 2 aromatic carbocycles. The van der Waals surface area contributed by atoms with Crippen molar-refractivity contribution in [2.45, 2.75) is 15.2 Å². The average molecular weight is 700 g/mol. The predicted molar refractivity (Wildman–Crippen MR) is 180 cm³/mol. The molecule has 0 bridgehead atoms. The van der Waals surface area contributed by atoms with E-state index in [1.807, 2.05) is 11.8 Å². The van der Waals surface area contributed by atoms with E-state index in [4.69, 9.17) is 9.47 Å². The number of esters is 2. The lowest BCUT2D eigenvalue weighted by Gasteiger charge is -2.44. The SMILES string of the molecule is CCN1C2=C(SC(C(=O)OC)=C(C(=O)OC)C23SC(C(=O)c2ccccc2)=C(C(=O)c2ccccc2)S3)Sc2ssc(=O)c21. The van der Waals surface area contributed by atoms with Crippen LogP contribution < -0.4 is 9.64 Å². The van der Waals surface area contributed by atoms with Gasteiger partial charge in [0.2, 0.25) is 11.6 Å². The first-order chi connectivity index (χ1) is 21.2. The van der Waals surface area contributed by atoms with Crippen molar-refractivity contribution in [1.82, 2.24) is 0 Å². The first-order valence-electron chi connectivity index (χ1n) is 13.0. The molecule has 0 atom stereocenters. The standard InChI is InChI=1S/C30H21NO7S6/c1-4-31-18-27(36)43-44-28(18)40-29-24(31)30(17(25(34)37-2)21(39-29)26(35)38-3)41-22(19(32)15-11-7-5-8-12-15)23(42-30)20(33)16-13-9-6-10-14-16/h5-14H,4H2,1-3H3. The quantitative estimate of drug-likeness (QED) is 0.148. The minimum Gasteiger partial charge on any atom is -0.466 e. The Kier molecular flexibility index (Phi) is 8.74. The van der Waals surface area contributed by atoms with E-state index in [2.05, 4.69) is 0 Å². The molecule has 0 radical (unpaired) electrons. The zero-order chi connectivity index (χ0) is 31.2. The van der Waals surface area contributed by atoms with Gasteiger partial charge in [-0.2, -0.15) is 0 Å². The monoisotopic (exact) mass is 699 g/mol. The predicted octanol–water partition coefficient (Wildman–Crippen LogP) is 6.77. The van der Waals surface area contributed by atoms with Crippen molar-refractivity contribution in [1.29, 1.82) is 0 Å². The van der Waals surface area contributed by atoms with Crippen LogP contribution in [0.25, 0.3) is 0 Å². The number of Topliss-reactive ketones (excluding diaryl/α,β-unsaturated/α-hetero) is 2. The fourth-order valence-corrected chi connectivity index (χ4v) is 14.2. The van der Waals surface area contributed by atoms with Gasteiger partial charge < -0.3 is 14.4 Å². The van der Waals surface area contributed by atoms with E-state index in [1.54, 1.807) is 60.7 Å². The number of hydrogen-bond acceptors (Lipinski definition) is 14. The van der Waals surface area contributed by atoms with Crippen LogP contribution in [0.4, 0.5) is 5.69 Å². The van der Waals surface area contributed by atoms with Crippen molar-refractivity contribution in [2.75, 3.05) is 25.7 Å². The molecular formula is C30H21NO7S6. The Hall–Kier alpha value is -3.01. The van der Waals surface area contributed by atoms with Crippen molar-refractivity contribution < 1.29 is 28.7 Å². The molecule has 0 N–H and O–H groups in total. The Balaban J connectivity index is 1.64. The first kappa shape index (κ1) is 31.0. The maximum atomic E-state index is 14.2. The summed E-state index contributed by atoms with van der Waals surface area (Å²) >= 11 is 4.44. The summed E-state index contributed by atoms with van der Waals surface area (Å²) in [6.07, 6.45) is 0. The molecule has 3 aromatic rings. The van der Waals surface area contributed by atoms with E-state index < -0.39 is 27.6 Å². The van der Waals surface area contributed by atoms with Crippen LogP contribution in [0.15, 0.2) is 99.9 Å². The molecule has 14 heteroatoms. The van der Waals surface area contributed by atoms with Gasteiger partial charge in [0.1, 0.15) is 18.9 Å². The summed E-state index contributed by atoms with van der Waals surface area (Å²) in [7, 11) is 4.87. The van der Waals surface area contributed by atoms with Gasteiger partial charge in [-0.25, -0.2) is 9.59 Å². The zero-order valence-electron chi connectivity index (χ0n) is 23.2. The summed E-state index contributed by atoms with van der Waals surface area (Å²) in [4.78, 5) is 70.7. The molecule has 0 fully saturated rings. The number of benzene rings is 2. The second kappa shape index (κ2) is 12.4. The van der Waals surface area contributed by atoms with Crippen LogP contribution in [0.3, 0.4) is 0 Å². The number of ketones is 2. The van der Waals surface area contributed by atoms with E-state index in [0.29, 0.717) is 33.3 Å². The second-order valence-corrected chi connectivity index (χ2v) is 16.6. The van der Waals surface area contributed by atoms with E-state index >= 15 is 0 Å². The molecule has 0 saturated heterocycles. The van der Waals surface area contributed by atoms with Crippen LogP contribution in [-0.2, 0) is 19.1 Å². The number of hydrogen-bond donors (Lipinski definition) is 0. The van der Waals surface area contributed by atoms with E-state index in [9.17, 15) is 24.0 Å². The van der Waals surface area contributed by atoms with Gasteiger partial charge in [0.25, 0.3) is 4.74 Å². The number of allylic oxidation sites excluding steroid dienone is 2. The van der Waals surface area contributed by atoms with Crippen LogP contribution in [0.1, 0.15) is 27.6 Å². The molecule has 6 rings (SSSR count). The van der Waals surface area contributed by atoms with Gasteiger partial charge in [0.15, 0.2) is 0 Å². The highest BCUT2D eigenvalue weighted by atomic mass is 32.9. The zero-order valence-corrected chi connectivity index (χ0v) is 28.1. The van der Waals surface area contributed by atoms with Crippen LogP contribution >= 0.6 is 67.7 Å². The molecule has 8 nitrogen and oxygen atoms in total. The Morgan fingerprint density at radius 3 is 1.80 bits per heavy atom. The summed E-state index contributed by atoms with van der Waals surface area (Å²) in [6.45, 7) is 2.23. The lowest BCUT2D eigenvalue weighted by atomic mass is 10.1. The highest BCUT2D eigenvalue weighted by molar-refractivity contribution is 8.28. The summed E-state index contributed by atoms with van der Waals surface area (Å²) < 4.78 is 10.1. The lowest BCUT2D eigenvalue weighted by molar-refractivity contribution is -0.138. The third-order valence-corrected chi connectivity index (χ3v) is 15.0. The van der Waals surface area contributed by atoms with Gasteiger partial charge in [0, 0.05) is 17.7 Å². The van der Waals surface area contributed by atoms with Crippen LogP contribution in [0, 0.1) is 0 Å². The molecule has 0 amide bonds. The Bertz CT molecular complexity index is 1810. The minimum absolute atomic E-state index is 0.00685. The van der Waals surface area contributed by atoms with Crippen LogP contribution in [-0.4, -0.2) is 48.3 Å². The van der Waals surface area contributed by atoms with Crippen LogP contribution in [0.2, 0.25) is 0 Å². The molecular weight excluding hydrogens is 679 g/mol. The van der Waals surface area contributed by atoms with Crippen molar-refractivity contribution in [3.63, 3.8) is 0 Å².